The topological polar surface area (TPSA) is 46.2 Å². The molecule has 0 atom stereocenters. The maximum absolute atomic E-state index is 11.8. The van der Waals surface area contributed by atoms with Crippen LogP contribution in [0, 0.1) is 0 Å². The van der Waals surface area contributed by atoms with E-state index in [0.717, 1.165) is 13.0 Å². The molecule has 0 aliphatic carbocycles. The van der Waals surface area contributed by atoms with Crippen molar-refractivity contribution in [2.75, 3.05) is 72.7 Å². The summed E-state index contributed by atoms with van der Waals surface area (Å²) in [5.41, 5.74) is 0. The molecule has 0 saturated heterocycles. The molecule has 0 bridgehead atoms. The third-order valence-corrected chi connectivity index (χ3v) is 4.35. The maximum atomic E-state index is 11.8. The van der Waals surface area contributed by atoms with Crippen LogP contribution in [0.1, 0.15) is 71.1 Å². The summed E-state index contributed by atoms with van der Waals surface area (Å²) in [4.78, 5) is 0. The first-order chi connectivity index (χ1) is 13.9. The zero-order valence-electron chi connectivity index (χ0n) is 18.3. The van der Waals surface area contributed by atoms with E-state index in [1.807, 2.05) is 0 Å². The molecule has 170 valence electrons. The molecule has 0 aliphatic rings. The summed E-state index contributed by atoms with van der Waals surface area (Å²) in [5, 5.41) is 0. The van der Waals surface area contributed by atoms with E-state index in [0.29, 0.717) is 52.9 Å². The smallest absolute Gasteiger partial charge is 0.113 e. The van der Waals surface area contributed by atoms with Crippen molar-refractivity contribution in [3.05, 3.63) is 0 Å². The molecule has 0 N–H and O–H groups in total. The second-order valence-electron chi connectivity index (χ2n) is 6.93. The van der Waals surface area contributed by atoms with Gasteiger partial charge in [-0.25, -0.2) is 4.39 Å². The predicted octanol–water partition coefficient (Wildman–Crippen LogP) is 4.96. The summed E-state index contributed by atoms with van der Waals surface area (Å²) in [6.45, 7) is 7.12. The van der Waals surface area contributed by atoms with Crippen LogP contribution < -0.4 is 0 Å². The molecule has 0 heterocycles. The van der Waals surface area contributed by atoms with Gasteiger partial charge in [-0.05, 0) is 6.42 Å². The monoisotopic (exact) mass is 408 g/mol. The van der Waals surface area contributed by atoms with Crippen LogP contribution in [0.5, 0.6) is 0 Å². The van der Waals surface area contributed by atoms with Gasteiger partial charge in [-0.3, -0.25) is 0 Å². The van der Waals surface area contributed by atoms with Crippen molar-refractivity contribution in [2.24, 2.45) is 0 Å². The summed E-state index contributed by atoms with van der Waals surface area (Å²) in [7, 11) is 0. The van der Waals surface area contributed by atoms with E-state index >= 15 is 0 Å². The molecule has 0 fully saturated rings. The van der Waals surface area contributed by atoms with Crippen LogP contribution in [0.3, 0.4) is 0 Å². The van der Waals surface area contributed by atoms with E-state index in [4.69, 9.17) is 23.7 Å². The molecule has 0 saturated carbocycles. The summed E-state index contributed by atoms with van der Waals surface area (Å²) in [5.74, 6) is 0. The van der Waals surface area contributed by atoms with Gasteiger partial charge in [0.05, 0.1) is 59.5 Å². The van der Waals surface area contributed by atoms with Gasteiger partial charge in [0, 0.05) is 6.61 Å². The number of hydrogen-bond donors (Lipinski definition) is 0. The largest absolute Gasteiger partial charge is 0.379 e. The Morgan fingerprint density at radius 3 is 1.11 bits per heavy atom. The van der Waals surface area contributed by atoms with Gasteiger partial charge in [-0.2, -0.15) is 0 Å². The molecule has 0 radical (unpaired) electrons. The molecule has 0 aromatic heterocycles. The Bertz CT molecular complexity index is 243. The lowest BCUT2D eigenvalue weighted by molar-refractivity contribution is -0.0119. The molecule has 0 rings (SSSR count). The van der Waals surface area contributed by atoms with Gasteiger partial charge < -0.3 is 23.7 Å². The van der Waals surface area contributed by atoms with E-state index in [9.17, 15) is 4.39 Å². The van der Waals surface area contributed by atoms with Gasteiger partial charge in [-0.15, -0.1) is 0 Å². The number of unbranched alkanes of at least 4 members (excludes halogenated alkanes) is 9. The van der Waals surface area contributed by atoms with Crippen LogP contribution in [0.25, 0.3) is 0 Å². The zero-order chi connectivity index (χ0) is 20.4. The van der Waals surface area contributed by atoms with E-state index in [1.165, 1.54) is 57.8 Å². The van der Waals surface area contributed by atoms with E-state index in [2.05, 4.69) is 6.92 Å². The van der Waals surface area contributed by atoms with Crippen molar-refractivity contribution in [1.82, 2.24) is 0 Å². The van der Waals surface area contributed by atoms with E-state index in [1.54, 1.807) is 0 Å². The molecule has 0 aromatic rings. The van der Waals surface area contributed by atoms with Gasteiger partial charge in [0.1, 0.15) is 6.67 Å². The molecular weight excluding hydrogens is 363 g/mol. The first kappa shape index (κ1) is 27.7. The number of alkyl halides is 1. The van der Waals surface area contributed by atoms with Crippen molar-refractivity contribution in [1.29, 1.82) is 0 Å². The minimum Gasteiger partial charge on any atom is -0.379 e. The standard InChI is InChI=1S/C22H45FO5/c1-2-3-4-5-6-7-8-9-10-11-13-24-15-17-26-19-21-28-22-20-27-18-16-25-14-12-23/h2-22H2,1H3. The molecule has 28 heavy (non-hydrogen) atoms. The summed E-state index contributed by atoms with van der Waals surface area (Å²) in [6.07, 6.45) is 13.5. The third-order valence-electron chi connectivity index (χ3n) is 4.35. The fourth-order valence-electron chi connectivity index (χ4n) is 2.73. The molecule has 0 aromatic carbocycles. The SMILES string of the molecule is CCCCCCCCCCCCOCCOCCOCCOCCOCCF. The third kappa shape index (κ3) is 25.7. The van der Waals surface area contributed by atoms with Crippen LogP contribution in [-0.4, -0.2) is 72.7 Å². The molecule has 0 spiro atoms. The van der Waals surface area contributed by atoms with Crippen molar-refractivity contribution < 1.29 is 28.1 Å². The van der Waals surface area contributed by atoms with Crippen molar-refractivity contribution >= 4 is 0 Å². The Morgan fingerprint density at radius 2 is 0.714 bits per heavy atom. The van der Waals surface area contributed by atoms with Crippen LogP contribution in [-0.2, 0) is 23.7 Å². The van der Waals surface area contributed by atoms with Crippen LogP contribution in [0.15, 0.2) is 0 Å². The Labute approximate surface area is 172 Å². The fourth-order valence-corrected chi connectivity index (χ4v) is 2.73. The Kier molecular flexibility index (Phi) is 26.5. The molecular formula is C22H45FO5. The highest BCUT2D eigenvalue weighted by Crippen LogP contribution is 2.10. The Balaban J connectivity index is 2.96. The molecule has 0 unspecified atom stereocenters. The maximum Gasteiger partial charge on any atom is 0.113 e. The van der Waals surface area contributed by atoms with E-state index in [-0.39, 0.29) is 6.61 Å². The fraction of sp³-hybridized carbons (Fsp3) is 1.00. The van der Waals surface area contributed by atoms with Gasteiger partial charge in [0.15, 0.2) is 0 Å². The number of halogens is 1. The number of ether oxygens (including phenoxy) is 5. The van der Waals surface area contributed by atoms with Gasteiger partial charge in [0.2, 0.25) is 0 Å². The summed E-state index contributed by atoms with van der Waals surface area (Å²) in [6, 6.07) is 0. The summed E-state index contributed by atoms with van der Waals surface area (Å²) < 4.78 is 38.4. The van der Waals surface area contributed by atoms with Crippen molar-refractivity contribution in [2.45, 2.75) is 71.1 Å². The van der Waals surface area contributed by atoms with Gasteiger partial charge in [0.25, 0.3) is 0 Å². The number of hydrogen-bond acceptors (Lipinski definition) is 5. The Hall–Kier alpha value is -0.270. The van der Waals surface area contributed by atoms with Crippen LogP contribution in [0.4, 0.5) is 4.39 Å². The highest BCUT2D eigenvalue weighted by molar-refractivity contribution is 4.47. The molecule has 5 nitrogen and oxygen atoms in total. The lowest BCUT2D eigenvalue weighted by Gasteiger charge is -2.07. The normalized spacial score (nSPS) is 11.4. The highest BCUT2D eigenvalue weighted by Gasteiger charge is 1.95. The first-order valence-electron chi connectivity index (χ1n) is 11.4. The second kappa shape index (κ2) is 26.7. The highest BCUT2D eigenvalue weighted by atomic mass is 19.1. The van der Waals surface area contributed by atoms with Crippen LogP contribution in [0.2, 0.25) is 0 Å². The average Bonchev–Trinajstić information content (AvgIpc) is 2.71. The van der Waals surface area contributed by atoms with Gasteiger partial charge >= 0.3 is 0 Å². The minimum atomic E-state index is -0.451. The number of rotatable bonds is 25. The summed E-state index contributed by atoms with van der Waals surface area (Å²) >= 11 is 0. The lowest BCUT2D eigenvalue weighted by Crippen LogP contribution is -2.13. The Morgan fingerprint density at radius 1 is 0.393 bits per heavy atom. The van der Waals surface area contributed by atoms with E-state index < -0.39 is 6.67 Å². The lowest BCUT2D eigenvalue weighted by atomic mass is 10.1. The second-order valence-corrected chi connectivity index (χ2v) is 6.93. The minimum absolute atomic E-state index is 0.139. The molecule has 6 heteroatoms. The average molecular weight is 409 g/mol. The molecule has 0 amide bonds. The van der Waals surface area contributed by atoms with Crippen LogP contribution >= 0.6 is 0 Å². The predicted molar refractivity (Wildman–Crippen MR) is 112 cm³/mol. The first-order valence-corrected chi connectivity index (χ1v) is 11.4. The van der Waals surface area contributed by atoms with Gasteiger partial charge in [-0.1, -0.05) is 64.7 Å². The molecule has 0 aliphatic heterocycles. The van der Waals surface area contributed by atoms with Crippen molar-refractivity contribution in [3.63, 3.8) is 0 Å². The quantitative estimate of drug-likeness (QED) is 0.200. The van der Waals surface area contributed by atoms with Crippen molar-refractivity contribution in [3.8, 4) is 0 Å². The zero-order valence-corrected chi connectivity index (χ0v) is 18.3.